The van der Waals surface area contributed by atoms with Crippen LogP contribution >= 0.6 is 0 Å². The third-order valence-corrected chi connectivity index (χ3v) is 2.80. The van der Waals surface area contributed by atoms with Crippen molar-refractivity contribution in [2.24, 2.45) is 0 Å². The lowest BCUT2D eigenvalue weighted by Gasteiger charge is -2.09. The first-order chi connectivity index (χ1) is 9.16. The predicted octanol–water partition coefficient (Wildman–Crippen LogP) is -0.602. The van der Waals surface area contributed by atoms with Gasteiger partial charge in [-0.1, -0.05) is 30.3 Å². The van der Waals surface area contributed by atoms with Crippen LogP contribution in [0.2, 0.25) is 0 Å². The molecule has 0 aliphatic carbocycles. The Labute approximate surface area is 125 Å². The van der Waals surface area contributed by atoms with Gasteiger partial charge in [0.2, 0.25) is 0 Å². The molecule has 20 heavy (non-hydrogen) atoms. The zero-order chi connectivity index (χ0) is 13.7. The highest BCUT2D eigenvalue weighted by Gasteiger charge is 2.09. The van der Waals surface area contributed by atoms with Crippen LogP contribution in [0.25, 0.3) is 6.08 Å². The van der Waals surface area contributed by atoms with Crippen molar-refractivity contribution in [2.45, 2.75) is 0 Å². The van der Waals surface area contributed by atoms with E-state index in [1.807, 2.05) is 67.5 Å². The fourth-order valence-corrected chi connectivity index (χ4v) is 1.68. The van der Waals surface area contributed by atoms with E-state index in [1.165, 1.54) is 0 Å². The van der Waals surface area contributed by atoms with Gasteiger partial charge in [-0.15, -0.1) is 4.57 Å². The van der Waals surface area contributed by atoms with E-state index in [0.29, 0.717) is 0 Å². The molecular formula is C16H17ClN2O. The summed E-state index contributed by atoms with van der Waals surface area (Å²) in [5.74, 6) is -0.0610. The number of pyridine rings is 1. The Morgan fingerprint density at radius 2 is 1.65 bits per heavy atom. The quantitative estimate of drug-likeness (QED) is 0.556. The van der Waals surface area contributed by atoms with Crippen molar-refractivity contribution >= 4 is 17.7 Å². The second kappa shape index (κ2) is 7.46. The van der Waals surface area contributed by atoms with E-state index in [9.17, 15) is 4.79 Å². The molecule has 0 N–H and O–H groups in total. The first-order valence-electron chi connectivity index (χ1n) is 6.13. The topological polar surface area (TPSA) is 24.2 Å². The maximum absolute atomic E-state index is 12.0. The molecule has 2 aromatic rings. The molecular weight excluding hydrogens is 272 g/mol. The second-order valence-electron chi connectivity index (χ2n) is 4.44. The van der Waals surface area contributed by atoms with Crippen molar-refractivity contribution < 1.29 is 21.8 Å². The normalized spacial score (nSPS) is 10.1. The van der Waals surface area contributed by atoms with Gasteiger partial charge in [-0.25, -0.2) is 4.79 Å². The van der Waals surface area contributed by atoms with Gasteiger partial charge in [0.15, 0.2) is 12.4 Å². The minimum absolute atomic E-state index is 0. The summed E-state index contributed by atoms with van der Waals surface area (Å²) in [7, 11) is 3.94. The van der Waals surface area contributed by atoms with Crippen molar-refractivity contribution in [1.82, 2.24) is 0 Å². The van der Waals surface area contributed by atoms with Crippen LogP contribution in [0.3, 0.4) is 0 Å². The van der Waals surface area contributed by atoms with E-state index in [2.05, 4.69) is 0 Å². The van der Waals surface area contributed by atoms with Gasteiger partial charge in [0.05, 0.1) is 6.08 Å². The second-order valence-corrected chi connectivity index (χ2v) is 4.44. The largest absolute Gasteiger partial charge is 1.00 e. The fraction of sp³-hybridized carbons (Fsp3) is 0.125. The van der Waals surface area contributed by atoms with Gasteiger partial charge in [-0.05, 0) is 11.6 Å². The minimum Gasteiger partial charge on any atom is -1.00 e. The Balaban J connectivity index is 0.00000200. The molecule has 0 bridgehead atoms. The molecule has 0 saturated heterocycles. The Morgan fingerprint density at radius 1 is 1.05 bits per heavy atom. The molecule has 0 saturated carbocycles. The molecule has 0 spiro atoms. The number of carbonyl (C=O) groups excluding carboxylic acids is 1. The summed E-state index contributed by atoms with van der Waals surface area (Å²) < 4.78 is 1.56. The van der Waals surface area contributed by atoms with E-state index < -0.39 is 0 Å². The molecule has 0 unspecified atom stereocenters. The van der Waals surface area contributed by atoms with Crippen LogP contribution in [0.5, 0.6) is 0 Å². The van der Waals surface area contributed by atoms with Gasteiger partial charge in [-0.2, -0.15) is 0 Å². The molecule has 0 aliphatic heterocycles. The van der Waals surface area contributed by atoms with Gasteiger partial charge >= 0.3 is 5.91 Å². The number of carbonyl (C=O) groups is 1. The number of rotatable bonds is 3. The van der Waals surface area contributed by atoms with E-state index in [-0.39, 0.29) is 18.3 Å². The summed E-state index contributed by atoms with van der Waals surface area (Å²) in [5, 5.41) is 0. The summed E-state index contributed by atoms with van der Waals surface area (Å²) in [4.78, 5) is 14.0. The highest BCUT2D eigenvalue weighted by molar-refractivity contribution is 5.85. The van der Waals surface area contributed by atoms with Gasteiger partial charge in [0, 0.05) is 31.9 Å². The van der Waals surface area contributed by atoms with Crippen LogP contribution in [-0.4, -0.2) is 20.0 Å². The Morgan fingerprint density at radius 3 is 2.20 bits per heavy atom. The summed E-state index contributed by atoms with van der Waals surface area (Å²) in [6.45, 7) is 0. The first-order valence-corrected chi connectivity index (χ1v) is 6.13. The van der Waals surface area contributed by atoms with Crippen LogP contribution in [0.15, 0.2) is 60.9 Å². The van der Waals surface area contributed by atoms with E-state index in [0.717, 1.165) is 11.3 Å². The lowest BCUT2D eigenvalue weighted by Crippen LogP contribution is -3.00. The lowest BCUT2D eigenvalue weighted by molar-refractivity contribution is -0.569. The Hall–Kier alpha value is -2.13. The molecule has 2 rings (SSSR count). The first kappa shape index (κ1) is 15.9. The molecule has 1 aromatic heterocycles. The molecule has 0 aliphatic rings. The molecule has 0 amide bonds. The highest BCUT2D eigenvalue weighted by Crippen LogP contribution is 2.06. The van der Waals surface area contributed by atoms with Gasteiger partial charge < -0.3 is 17.3 Å². The molecule has 1 aromatic carbocycles. The molecule has 0 atom stereocenters. The number of halogens is 1. The van der Waals surface area contributed by atoms with Gasteiger partial charge in [-0.3, -0.25) is 0 Å². The number of nitrogens with zero attached hydrogens (tertiary/aromatic N) is 2. The van der Waals surface area contributed by atoms with E-state index in [4.69, 9.17) is 0 Å². The van der Waals surface area contributed by atoms with E-state index in [1.54, 1.807) is 23.0 Å². The molecule has 0 fully saturated rings. The van der Waals surface area contributed by atoms with Crippen molar-refractivity contribution in [3.63, 3.8) is 0 Å². The van der Waals surface area contributed by atoms with Crippen LogP contribution in [-0.2, 0) is 0 Å². The standard InChI is InChI=1S/C16H17N2O.ClH/c1-17(2)15-10-12-18(13-11-15)16(19)9-8-14-6-4-3-5-7-14;/h3-13H,1-2H3;1H/q+1;/p-1/b9-8+;. The van der Waals surface area contributed by atoms with E-state index >= 15 is 0 Å². The maximum atomic E-state index is 12.0. The number of aromatic nitrogens is 1. The SMILES string of the molecule is CN(C)c1cc[n+](C(=O)/C=C/c2ccccc2)cc1.[Cl-]. The smallest absolute Gasteiger partial charge is 0.417 e. The summed E-state index contributed by atoms with van der Waals surface area (Å²) in [5.41, 5.74) is 2.08. The molecule has 4 heteroatoms. The number of anilines is 1. The third-order valence-electron chi connectivity index (χ3n) is 2.80. The molecule has 1 heterocycles. The van der Waals surface area contributed by atoms with Crippen molar-refractivity contribution in [1.29, 1.82) is 0 Å². The Bertz CT molecular complexity index is 577. The third kappa shape index (κ3) is 4.21. The van der Waals surface area contributed by atoms with Crippen LogP contribution in [0.1, 0.15) is 10.4 Å². The zero-order valence-electron chi connectivity index (χ0n) is 11.5. The molecule has 3 nitrogen and oxygen atoms in total. The average Bonchev–Trinajstić information content (AvgIpc) is 2.46. The van der Waals surface area contributed by atoms with Crippen LogP contribution in [0, 0.1) is 0 Å². The molecule has 104 valence electrons. The van der Waals surface area contributed by atoms with Crippen molar-refractivity contribution in [3.8, 4) is 0 Å². The minimum atomic E-state index is -0.0610. The maximum Gasteiger partial charge on any atom is 0.417 e. The van der Waals surface area contributed by atoms with Gasteiger partial charge in [0.1, 0.15) is 0 Å². The number of benzene rings is 1. The predicted molar refractivity (Wildman–Crippen MR) is 77.1 cm³/mol. The van der Waals surface area contributed by atoms with Crippen molar-refractivity contribution in [2.75, 3.05) is 19.0 Å². The van der Waals surface area contributed by atoms with Crippen molar-refractivity contribution in [3.05, 3.63) is 66.5 Å². The van der Waals surface area contributed by atoms with Gasteiger partial charge in [0.25, 0.3) is 0 Å². The summed E-state index contributed by atoms with van der Waals surface area (Å²) in [6.07, 6.45) is 6.93. The Kier molecular flexibility index (Phi) is 5.94. The highest BCUT2D eigenvalue weighted by atomic mass is 35.5. The number of hydrogen-bond acceptors (Lipinski definition) is 2. The monoisotopic (exact) mass is 288 g/mol. The molecule has 0 radical (unpaired) electrons. The van der Waals surface area contributed by atoms with Crippen LogP contribution < -0.4 is 21.9 Å². The number of allylic oxidation sites excluding steroid dienone is 1. The zero-order valence-corrected chi connectivity index (χ0v) is 12.3. The summed E-state index contributed by atoms with van der Waals surface area (Å²) >= 11 is 0. The summed E-state index contributed by atoms with van der Waals surface area (Å²) in [6, 6.07) is 13.6. The average molecular weight is 289 g/mol. The van der Waals surface area contributed by atoms with Crippen LogP contribution in [0.4, 0.5) is 5.69 Å². The number of hydrogen-bond donors (Lipinski definition) is 0. The fourth-order valence-electron chi connectivity index (χ4n) is 1.68. The lowest BCUT2D eigenvalue weighted by atomic mass is 10.2.